The molecule has 0 saturated carbocycles. The van der Waals surface area contributed by atoms with E-state index in [9.17, 15) is 17.8 Å². The van der Waals surface area contributed by atoms with Crippen LogP contribution in [0.2, 0.25) is 0 Å². The van der Waals surface area contributed by atoms with Crippen molar-refractivity contribution >= 4 is 32.6 Å². The molecule has 0 spiro atoms. The Morgan fingerprint density at radius 2 is 2.00 bits per heavy atom. The Morgan fingerprint density at radius 1 is 1.24 bits per heavy atom. The van der Waals surface area contributed by atoms with Gasteiger partial charge in [-0.25, -0.2) is 0 Å². The van der Waals surface area contributed by atoms with E-state index in [0.717, 1.165) is 0 Å². The fourth-order valence-corrected chi connectivity index (χ4v) is 3.22. The quantitative estimate of drug-likeness (QED) is 0.614. The molecule has 1 aromatic heterocycles. The molecule has 2 aromatic carbocycles. The molecular formula is C16H15N3O5S. The van der Waals surface area contributed by atoms with Gasteiger partial charge in [0.15, 0.2) is 0 Å². The topological polar surface area (TPSA) is 121 Å². The van der Waals surface area contributed by atoms with Gasteiger partial charge in [0.2, 0.25) is 5.91 Å². The van der Waals surface area contributed by atoms with Crippen molar-refractivity contribution in [3.05, 3.63) is 36.4 Å². The molecule has 0 saturated heterocycles. The van der Waals surface area contributed by atoms with Crippen LogP contribution >= 0.6 is 0 Å². The standard InChI is InChI=1S/C16H15N3O5S/c1-9(20)17-10-3-6-15(25(21,22)23)13(7-10)16-12-8-11(24-2)4-5-14(12)18-19-16/h3-8H,1-2H3,(H,17,20)(H,18,19)(H,21,22,23). The fraction of sp³-hybridized carbons (Fsp3) is 0.125. The summed E-state index contributed by atoms with van der Waals surface area (Å²) in [7, 11) is -2.97. The molecular weight excluding hydrogens is 346 g/mol. The summed E-state index contributed by atoms with van der Waals surface area (Å²) in [6.45, 7) is 1.34. The molecule has 9 heteroatoms. The van der Waals surface area contributed by atoms with Crippen molar-refractivity contribution < 1.29 is 22.5 Å². The molecule has 25 heavy (non-hydrogen) atoms. The Kier molecular flexibility index (Phi) is 4.19. The number of hydrogen-bond donors (Lipinski definition) is 3. The molecule has 130 valence electrons. The van der Waals surface area contributed by atoms with Crippen LogP contribution in [0, 0.1) is 0 Å². The lowest BCUT2D eigenvalue weighted by molar-refractivity contribution is -0.114. The number of carbonyl (C=O) groups is 1. The number of H-pyrrole nitrogens is 1. The zero-order valence-electron chi connectivity index (χ0n) is 13.4. The third kappa shape index (κ3) is 3.32. The number of aromatic nitrogens is 2. The first kappa shape index (κ1) is 16.9. The van der Waals surface area contributed by atoms with Gasteiger partial charge in [0.1, 0.15) is 16.3 Å². The van der Waals surface area contributed by atoms with E-state index in [1.54, 1.807) is 18.2 Å². The zero-order chi connectivity index (χ0) is 18.2. The van der Waals surface area contributed by atoms with E-state index in [4.69, 9.17) is 4.74 Å². The molecule has 1 heterocycles. The van der Waals surface area contributed by atoms with Crippen molar-refractivity contribution in [3.8, 4) is 17.0 Å². The highest BCUT2D eigenvalue weighted by Crippen LogP contribution is 2.34. The molecule has 0 atom stereocenters. The SMILES string of the molecule is COc1ccc2[nH]nc(-c3cc(NC(C)=O)ccc3S(=O)(=O)O)c2c1. The van der Waals surface area contributed by atoms with Gasteiger partial charge >= 0.3 is 0 Å². The molecule has 0 aliphatic rings. The number of methoxy groups -OCH3 is 1. The van der Waals surface area contributed by atoms with Crippen LogP contribution < -0.4 is 10.1 Å². The van der Waals surface area contributed by atoms with E-state index in [1.165, 1.54) is 32.2 Å². The summed E-state index contributed by atoms with van der Waals surface area (Å²) in [5.74, 6) is 0.265. The number of nitrogens with zero attached hydrogens (tertiary/aromatic N) is 1. The number of rotatable bonds is 4. The molecule has 3 aromatic rings. The Hall–Kier alpha value is -2.91. The Labute approximate surface area is 143 Å². The third-order valence-electron chi connectivity index (χ3n) is 3.60. The summed E-state index contributed by atoms with van der Waals surface area (Å²) >= 11 is 0. The van der Waals surface area contributed by atoms with E-state index < -0.39 is 10.1 Å². The maximum Gasteiger partial charge on any atom is 0.295 e. The van der Waals surface area contributed by atoms with E-state index in [1.807, 2.05) is 0 Å². The van der Waals surface area contributed by atoms with Crippen molar-refractivity contribution in [2.24, 2.45) is 0 Å². The maximum absolute atomic E-state index is 11.7. The number of amides is 1. The van der Waals surface area contributed by atoms with Crippen LogP contribution in [-0.4, -0.2) is 36.2 Å². The average Bonchev–Trinajstić information content (AvgIpc) is 2.95. The van der Waals surface area contributed by atoms with Crippen LogP contribution in [0.1, 0.15) is 6.92 Å². The second kappa shape index (κ2) is 6.19. The summed E-state index contributed by atoms with van der Waals surface area (Å²) in [5, 5.41) is 10.2. The van der Waals surface area contributed by atoms with Gasteiger partial charge in [-0.15, -0.1) is 0 Å². The van der Waals surface area contributed by atoms with Crippen molar-refractivity contribution in [3.63, 3.8) is 0 Å². The fourth-order valence-electron chi connectivity index (χ4n) is 2.55. The van der Waals surface area contributed by atoms with Gasteiger partial charge in [0.05, 0.1) is 12.6 Å². The highest BCUT2D eigenvalue weighted by atomic mass is 32.2. The smallest absolute Gasteiger partial charge is 0.295 e. The minimum atomic E-state index is -4.49. The van der Waals surface area contributed by atoms with Crippen molar-refractivity contribution in [1.82, 2.24) is 10.2 Å². The highest BCUT2D eigenvalue weighted by Gasteiger charge is 2.21. The van der Waals surface area contributed by atoms with Crippen LogP contribution in [-0.2, 0) is 14.9 Å². The van der Waals surface area contributed by atoms with Crippen LogP contribution in [0.5, 0.6) is 5.75 Å². The largest absolute Gasteiger partial charge is 0.497 e. The van der Waals surface area contributed by atoms with Gasteiger partial charge in [-0.1, -0.05) is 0 Å². The first-order valence-corrected chi connectivity index (χ1v) is 8.65. The number of aromatic amines is 1. The lowest BCUT2D eigenvalue weighted by Crippen LogP contribution is -2.07. The van der Waals surface area contributed by atoms with Crippen LogP contribution in [0.25, 0.3) is 22.2 Å². The van der Waals surface area contributed by atoms with Gasteiger partial charge in [-0.3, -0.25) is 14.4 Å². The molecule has 0 bridgehead atoms. The third-order valence-corrected chi connectivity index (χ3v) is 4.51. The van der Waals surface area contributed by atoms with Crippen LogP contribution in [0.3, 0.4) is 0 Å². The minimum Gasteiger partial charge on any atom is -0.497 e. The summed E-state index contributed by atoms with van der Waals surface area (Å²) in [4.78, 5) is 11.0. The summed E-state index contributed by atoms with van der Waals surface area (Å²) < 4.78 is 38.2. The Balaban J connectivity index is 2.29. The molecule has 0 unspecified atom stereocenters. The molecule has 1 amide bonds. The summed E-state index contributed by atoms with van der Waals surface area (Å²) in [6, 6.07) is 9.24. The van der Waals surface area contributed by atoms with Gasteiger partial charge in [-0.05, 0) is 36.4 Å². The average molecular weight is 361 g/mol. The molecule has 8 nitrogen and oxygen atoms in total. The molecule has 3 N–H and O–H groups in total. The second-order valence-corrected chi connectivity index (χ2v) is 6.74. The first-order valence-electron chi connectivity index (χ1n) is 7.21. The predicted octanol–water partition coefficient (Wildman–Crippen LogP) is 2.44. The van der Waals surface area contributed by atoms with E-state index in [-0.39, 0.29) is 16.4 Å². The maximum atomic E-state index is 11.7. The Bertz CT molecular complexity index is 1070. The Morgan fingerprint density at radius 3 is 2.64 bits per heavy atom. The van der Waals surface area contributed by atoms with Gasteiger partial charge in [0.25, 0.3) is 10.1 Å². The van der Waals surface area contributed by atoms with Gasteiger partial charge in [0, 0.05) is 23.6 Å². The van der Waals surface area contributed by atoms with Crippen LogP contribution in [0.4, 0.5) is 5.69 Å². The van der Waals surface area contributed by atoms with Crippen molar-refractivity contribution in [1.29, 1.82) is 0 Å². The second-order valence-electron chi connectivity index (χ2n) is 5.35. The molecule has 0 aliphatic carbocycles. The number of carbonyl (C=O) groups excluding carboxylic acids is 1. The zero-order valence-corrected chi connectivity index (χ0v) is 14.2. The van der Waals surface area contributed by atoms with Gasteiger partial charge in [-0.2, -0.15) is 13.5 Å². The lowest BCUT2D eigenvalue weighted by Gasteiger charge is -2.09. The van der Waals surface area contributed by atoms with Crippen molar-refractivity contribution in [2.75, 3.05) is 12.4 Å². The molecule has 3 rings (SSSR count). The number of hydrogen-bond acceptors (Lipinski definition) is 5. The minimum absolute atomic E-state index is 0.160. The molecule has 0 radical (unpaired) electrons. The normalized spacial score (nSPS) is 11.5. The number of anilines is 1. The lowest BCUT2D eigenvalue weighted by atomic mass is 10.1. The number of fused-ring (bicyclic) bond motifs is 1. The summed E-state index contributed by atoms with van der Waals surface area (Å²) in [5.41, 5.74) is 1.53. The predicted molar refractivity (Wildman–Crippen MR) is 92.2 cm³/mol. The molecule has 0 aliphatic heterocycles. The van der Waals surface area contributed by atoms with E-state index in [2.05, 4.69) is 15.5 Å². The highest BCUT2D eigenvalue weighted by molar-refractivity contribution is 7.86. The van der Waals surface area contributed by atoms with Crippen molar-refractivity contribution in [2.45, 2.75) is 11.8 Å². The van der Waals surface area contributed by atoms with E-state index >= 15 is 0 Å². The van der Waals surface area contributed by atoms with Gasteiger partial charge < -0.3 is 10.1 Å². The first-order chi connectivity index (χ1) is 11.8. The van der Waals surface area contributed by atoms with E-state index in [0.29, 0.717) is 28.0 Å². The summed E-state index contributed by atoms with van der Waals surface area (Å²) in [6.07, 6.45) is 0. The van der Waals surface area contributed by atoms with Crippen LogP contribution in [0.15, 0.2) is 41.3 Å². The monoisotopic (exact) mass is 361 g/mol. The molecule has 0 fully saturated rings. The number of nitrogens with one attached hydrogen (secondary N) is 2. The number of ether oxygens (including phenoxy) is 1. The number of benzene rings is 2.